The van der Waals surface area contributed by atoms with E-state index in [1.165, 1.54) is 0 Å². The lowest BCUT2D eigenvalue weighted by Crippen LogP contribution is -2.31. The standard InChI is InChI=1S/C16H25NO3/c1-4-9-20-15-8-7-13(10-16(15)19-6-3)11-17-14(5-2)12-18/h4,7-8,10,14,17-18H,1,5-6,9,11-12H2,2-3H3. The van der Waals surface area contributed by atoms with Gasteiger partial charge in [-0.15, -0.1) is 0 Å². The maximum absolute atomic E-state index is 9.17. The van der Waals surface area contributed by atoms with Gasteiger partial charge in [0.2, 0.25) is 0 Å². The van der Waals surface area contributed by atoms with E-state index in [1.807, 2.05) is 32.0 Å². The molecule has 0 aliphatic carbocycles. The zero-order chi connectivity index (χ0) is 14.8. The number of rotatable bonds is 10. The van der Waals surface area contributed by atoms with Gasteiger partial charge in [0.15, 0.2) is 11.5 Å². The van der Waals surface area contributed by atoms with Crippen molar-refractivity contribution in [1.82, 2.24) is 5.32 Å². The van der Waals surface area contributed by atoms with E-state index in [1.54, 1.807) is 6.08 Å². The number of ether oxygens (including phenoxy) is 2. The molecule has 20 heavy (non-hydrogen) atoms. The molecule has 0 spiro atoms. The van der Waals surface area contributed by atoms with Gasteiger partial charge in [0.25, 0.3) is 0 Å². The summed E-state index contributed by atoms with van der Waals surface area (Å²) in [5.41, 5.74) is 1.10. The number of hydrogen-bond acceptors (Lipinski definition) is 4. The van der Waals surface area contributed by atoms with E-state index in [4.69, 9.17) is 14.6 Å². The highest BCUT2D eigenvalue weighted by molar-refractivity contribution is 5.43. The van der Waals surface area contributed by atoms with Crippen molar-refractivity contribution in [2.24, 2.45) is 0 Å². The van der Waals surface area contributed by atoms with Gasteiger partial charge in [0.05, 0.1) is 13.2 Å². The van der Waals surface area contributed by atoms with Crippen molar-refractivity contribution in [3.8, 4) is 11.5 Å². The van der Waals surface area contributed by atoms with Crippen LogP contribution in [0.5, 0.6) is 11.5 Å². The molecule has 4 heteroatoms. The molecular formula is C16H25NO3. The number of aliphatic hydroxyl groups is 1. The fourth-order valence-electron chi connectivity index (χ4n) is 1.80. The molecule has 4 nitrogen and oxygen atoms in total. The van der Waals surface area contributed by atoms with Crippen molar-refractivity contribution in [3.05, 3.63) is 36.4 Å². The maximum atomic E-state index is 9.17. The SMILES string of the molecule is C=CCOc1ccc(CNC(CC)CO)cc1OCC. The number of aliphatic hydroxyl groups excluding tert-OH is 1. The molecule has 1 atom stereocenters. The van der Waals surface area contributed by atoms with Gasteiger partial charge in [-0.1, -0.05) is 25.6 Å². The monoisotopic (exact) mass is 279 g/mol. The van der Waals surface area contributed by atoms with E-state index in [-0.39, 0.29) is 12.6 Å². The third-order valence-corrected chi connectivity index (χ3v) is 2.97. The molecule has 0 amide bonds. The van der Waals surface area contributed by atoms with Crippen LogP contribution >= 0.6 is 0 Å². The van der Waals surface area contributed by atoms with Crippen LogP contribution in [0, 0.1) is 0 Å². The highest BCUT2D eigenvalue weighted by atomic mass is 16.5. The van der Waals surface area contributed by atoms with Gasteiger partial charge in [-0.3, -0.25) is 0 Å². The van der Waals surface area contributed by atoms with Crippen molar-refractivity contribution in [1.29, 1.82) is 0 Å². The van der Waals surface area contributed by atoms with Gasteiger partial charge in [0, 0.05) is 12.6 Å². The summed E-state index contributed by atoms with van der Waals surface area (Å²) >= 11 is 0. The van der Waals surface area contributed by atoms with E-state index in [9.17, 15) is 0 Å². The quantitative estimate of drug-likeness (QED) is 0.646. The molecule has 0 aliphatic heterocycles. The Balaban J connectivity index is 2.72. The third-order valence-electron chi connectivity index (χ3n) is 2.97. The molecule has 1 unspecified atom stereocenters. The number of benzene rings is 1. The minimum Gasteiger partial charge on any atom is -0.490 e. The first-order valence-corrected chi connectivity index (χ1v) is 7.08. The Labute approximate surface area is 121 Å². The van der Waals surface area contributed by atoms with Crippen LogP contribution in [0.2, 0.25) is 0 Å². The normalized spacial score (nSPS) is 11.9. The summed E-state index contributed by atoms with van der Waals surface area (Å²) in [6.07, 6.45) is 2.60. The summed E-state index contributed by atoms with van der Waals surface area (Å²) in [4.78, 5) is 0. The van der Waals surface area contributed by atoms with Gasteiger partial charge in [-0.05, 0) is 31.0 Å². The molecule has 0 aliphatic rings. The summed E-state index contributed by atoms with van der Waals surface area (Å²) in [7, 11) is 0. The topological polar surface area (TPSA) is 50.7 Å². The van der Waals surface area contributed by atoms with Crippen LogP contribution in [0.15, 0.2) is 30.9 Å². The van der Waals surface area contributed by atoms with E-state index in [0.717, 1.165) is 23.5 Å². The summed E-state index contributed by atoms with van der Waals surface area (Å²) < 4.78 is 11.2. The van der Waals surface area contributed by atoms with Gasteiger partial charge in [-0.2, -0.15) is 0 Å². The van der Waals surface area contributed by atoms with Crippen molar-refractivity contribution in [2.45, 2.75) is 32.9 Å². The lowest BCUT2D eigenvalue weighted by Gasteiger charge is -2.16. The summed E-state index contributed by atoms with van der Waals surface area (Å²) in [6.45, 7) is 9.52. The van der Waals surface area contributed by atoms with Crippen molar-refractivity contribution in [2.75, 3.05) is 19.8 Å². The van der Waals surface area contributed by atoms with E-state index < -0.39 is 0 Å². The average Bonchev–Trinajstić information content (AvgIpc) is 2.48. The number of hydrogen-bond donors (Lipinski definition) is 2. The molecule has 0 saturated heterocycles. The van der Waals surface area contributed by atoms with Crippen molar-refractivity contribution < 1.29 is 14.6 Å². The molecule has 1 aromatic carbocycles. The highest BCUT2D eigenvalue weighted by Crippen LogP contribution is 2.28. The van der Waals surface area contributed by atoms with Crippen LogP contribution in [0.25, 0.3) is 0 Å². The van der Waals surface area contributed by atoms with Crippen LogP contribution < -0.4 is 14.8 Å². The first kappa shape index (κ1) is 16.5. The summed E-state index contributed by atoms with van der Waals surface area (Å²) in [6, 6.07) is 6.00. The molecule has 0 aromatic heterocycles. The zero-order valence-electron chi connectivity index (χ0n) is 12.4. The minimum atomic E-state index is 0.127. The minimum absolute atomic E-state index is 0.127. The third kappa shape index (κ3) is 5.23. The van der Waals surface area contributed by atoms with Crippen LogP contribution in [0.1, 0.15) is 25.8 Å². The van der Waals surface area contributed by atoms with Crippen LogP contribution in [0.3, 0.4) is 0 Å². The molecule has 2 N–H and O–H groups in total. The van der Waals surface area contributed by atoms with Gasteiger partial charge in [-0.25, -0.2) is 0 Å². The van der Waals surface area contributed by atoms with Crippen LogP contribution in [-0.4, -0.2) is 31.0 Å². The second kappa shape index (κ2) is 9.39. The van der Waals surface area contributed by atoms with Gasteiger partial charge < -0.3 is 19.9 Å². The van der Waals surface area contributed by atoms with Gasteiger partial charge in [0.1, 0.15) is 6.61 Å². The molecule has 0 bridgehead atoms. The van der Waals surface area contributed by atoms with Crippen LogP contribution in [0.4, 0.5) is 0 Å². The largest absolute Gasteiger partial charge is 0.490 e. The van der Waals surface area contributed by atoms with Gasteiger partial charge >= 0.3 is 0 Å². The molecular weight excluding hydrogens is 254 g/mol. The first-order chi connectivity index (χ1) is 9.74. The summed E-state index contributed by atoms with van der Waals surface area (Å²) in [5, 5.41) is 12.5. The molecule has 0 heterocycles. The first-order valence-electron chi connectivity index (χ1n) is 7.08. The smallest absolute Gasteiger partial charge is 0.161 e. The Morgan fingerprint density at radius 1 is 1.30 bits per heavy atom. The van der Waals surface area contributed by atoms with E-state index in [0.29, 0.717) is 19.8 Å². The Hall–Kier alpha value is -1.52. The zero-order valence-corrected chi connectivity index (χ0v) is 12.4. The number of nitrogens with one attached hydrogen (secondary N) is 1. The predicted octanol–water partition coefficient (Wildman–Crippen LogP) is 2.51. The maximum Gasteiger partial charge on any atom is 0.161 e. The molecule has 1 rings (SSSR count). The molecule has 112 valence electrons. The lowest BCUT2D eigenvalue weighted by atomic mass is 10.1. The second-order valence-electron chi connectivity index (χ2n) is 4.48. The van der Waals surface area contributed by atoms with E-state index in [2.05, 4.69) is 11.9 Å². The molecule has 0 saturated carbocycles. The van der Waals surface area contributed by atoms with Crippen molar-refractivity contribution in [3.63, 3.8) is 0 Å². The van der Waals surface area contributed by atoms with E-state index >= 15 is 0 Å². The Morgan fingerprint density at radius 2 is 2.10 bits per heavy atom. The second-order valence-corrected chi connectivity index (χ2v) is 4.48. The molecule has 0 radical (unpaired) electrons. The lowest BCUT2D eigenvalue weighted by molar-refractivity contribution is 0.238. The summed E-state index contributed by atoms with van der Waals surface area (Å²) in [5.74, 6) is 1.47. The fraction of sp³-hybridized carbons (Fsp3) is 0.500. The molecule has 1 aromatic rings. The highest BCUT2D eigenvalue weighted by Gasteiger charge is 2.08. The Morgan fingerprint density at radius 3 is 2.70 bits per heavy atom. The fourth-order valence-corrected chi connectivity index (χ4v) is 1.80. The Kier molecular flexibility index (Phi) is 7.77. The van der Waals surface area contributed by atoms with Crippen LogP contribution in [-0.2, 0) is 6.54 Å². The molecule has 0 fully saturated rings. The average molecular weight is 279 g/mol. The van der Waals surface area contributed by atoms with Crippen molar-refractivity contribution >= 4 is 0 Å². The Bertz CT molecular complexity index is 403. The predicted molar refractivity (Wildman–Crippen MR) is 81.3 cm³/mol.